The number of rotatable bonds is 3. The van der Waals surface area contributed by atoms with Crippen molar-refractivity contribution in [2.45, 2.75) is 78.2 Å². The minimum Gasteiger partial charge on any atom is -0.316 e. The SMILES string of the molecule is CCC(=O)C1C(C(C)C)C2C3CNCCC3NC2N1C(C)(C)C. The van der Waals surface area contributed by atoms with Crippen molar-refractivity contribution in [1.82, 2.24) is 15.5 Å². The van der Waals surface area contributed by atoms with Crippen molar-refractivity contribution in [3.05, 3.63) is 0 Å². The lowest BCUT2D eigenvalue weighted by Crippen LogP contribution is -2.57. The molecule has 0 bridgehead atoms. The predicted molar refractivity (Wildman–Crippen MR) is 94.2 cm³/mol. The second-order valence-corrected chi connectivity index (χ2v) is 9.12. The number of hydrogen-bond acceptors (Lipinski definition) is 4. The molecule has 0 saturated carbocycles. The van der Waals surface area contributed by atoms with E-state index in [-0.39, 0.29) is 11.6 Å². The van der Waals surface area contributed by atoms with Crippen molar-refractivity contribution in [1.29, 1.82) is 0 Å². The van der Waals surface area contributed by atoms with Gasteiger partial charge in [0.1, 0.15) is 5.78 Å². The number of ketones is 1. The molecule has 0 radical (unpaired) electrons. The van der Waals surface area contributed by atoms with Crippen LogP contribution in [0.3, 0.4) is 0 Å². The summed E-state index contributed by atoms with van der Waals surface area (Å²) in [5.74, 6) is 2.69. The highest BCUT2D eigenvalue weighted by Crippen LogP contribution is 2.51. The Bertz CT molecular complexity index is 456. The van der Waals surface area contributed by atoms with Crippen LogP contribution in [0.1, 0.15) is 54.4 Å². The summed E-state index contributed by atoms with van der Waals surface area (Å²) in [6.07, 6.45) is 2.22. The number of piperidine rings is 1. The van der Waals surface area contributed by atoms with E-state index >= 15 is 0 Å². The van der Waals surface area contributed by atoms with E-state index in [0.717, 1.165) is 13.1 Å². The van der Waals surface area contributed by atoms with Crippen molar-refractivity contribution < 1.29 is 4.79 Å². The van der Waals surface area contributed by atoms with Crippen LogP contribution >= 0.6 is 0 Å². The molecule has 0 spiro atoms. The Morgan fingerprint density at radius 2 is 2.00 bits per heavy atom. The fourth-order valence-electron chi connectivity index (χ4n) is 5.61. The highest BCUT2D eigenvalue weighted by atomic mass is 16.1. The molecule has 0 aliphatic carbocycles. The largest absolute Gasteiger partial charge is 0.316 e. The molecular formula is C19H35N3O. The molecule has 4 nitrogen and oxygen atoms in total. The second-order valence-electron chi connectivity index (χ2n) is 9.12. The smallest absolute Gasteiger partial charge is 0.150 e. The normalized spacial score (nSPS) is 41.2. The van der Waals surface area contributed by atoms with Gasteiger partial charge >= 0.3 is 0 Å². The molecule has 3 heterocycles. The van der Waals surface area contributed by atoms with E-state index in [1.807, 2.05) is 6.92 Å². The van der Waals surface area contributed by atoms with Gasteiger partial charge in [-0.2, -0.15) is 0 Å². The lowest BCUT2D eigenvalue weighted by Gasteiger charge is -2.42. The first-order valence-electron chi connectivity index (χ1n) is 9.55. The van der Waals surface area contributed by atoms with Gasteiger partial charge in [0.05, 0.1) is 12.2 Å². The van der Waals surface area contributed by atoms with E-state index in [1.165, 1.54) is 6.42 Å². The Labute approximate surface area is 141 Å². The molecular weight excluding hydrogens is 286 g/mol. The first-order valence-corrected chi connectivity index (χ1v) is 9.55. The average molecular weight is 322 g/mol. The molecule has 6 atom stereocenters. The Morgan fingerprint density at radius 1 is 1.30 bits per heavy atom. The summed E-state index contributed by atoms with van der Waals surface area (Å²) in [5, 5.41) is 7.54. The van der Waals surface area contributed by atoms with E-state index in [9.17, 15) is 4.79 Å². The molecule has 23 heavy (non-hydrogen) atoms. The zero-order valence-corrected chi connectivity index (χ0v) is 15.7. The van der Waals surface area contributed by atoms with Crippen molar-refractivity contribution in [3.8, 4) is 0 Å². The van der Waals surface area contributed by atoms with Crippen LogP contribution in [0.5, 0.6) is 0 Å². The molecule has 3 aliphatic rings. The van der Waals surface area contributed by atoms with Crippen LogP contribution in [-0.4, -0.2) is 47.6 Å². The molecule has 0 amide bonds. The van der Waals surface area contributed by atoms with Crippen molar-refractivity contribution in [2.24, 2.45) is 23.7 Å². The first-order chi connectivity index (χ1) is 10.8. The Morgan fingerprint density at radius 3 is 2.57 bits per heavy atom. The molecule has 2 N–H and O–H groups in total. The van der Waals surface area contributed by atoms with Gasteiger partial charge in [-0.15, -0.1) is 0 Å². The van der Waals surface area contributed by atoms with E-state index < -0.39 is 0 Å². The van der Waals surface area contributed by atoms with Crippen LogP contribution in [-0.2, 0) is 4.79 Å². The quantitative estimate of drug-likeness (QED) is 0.837. The van der Waals surface area contributed by atoms with Crippen LogP contribution in [0.25, 0.3) is 0 Å². The number of carbonyl (C=O) groups excluding carboxylic acids is 1. The van der Waals surface area contributed by atoms with Crippen LogP contribution in [0.4, 0.5) is 0 Å². The third-order valence-electron chi connectivity index (χ3n) is 6.40. The minimum atomic E-state index is 0.00990. The third kappa shape index (κ3) is 2.77. The van der Waals surface area contributed by atoms with Crippen LogP contribution in [0.2, 0.25) is 0 Å². The maximum absolute atomic E-state index is 12.9. The lowest BCUT2D eigenvalue weighted by molar-refractivity contribution is -0.127. The zero-order chi connectivity index (χ0) is 16.9. The van der Waals surface area contributed by atoms with E-state index in [0.29, 0.717) is 48.1 Å². The van der Waals surface area contributed by atoms with Gasteiger partial charge in [-0.1, -0.05) is 20.8 Å². The number of hydrogen-bond donors (Lipinski definition) is 2. The number of Topliss-reactive ketones (excluding diaryl/α,β-unsaturated/α-hetero) is 1. The van der Waals surface area contributed by atoms with Gasteiger partial charge < -0.3 is 5.32 Å². The molecule has 6 unspecified atom stereocenters. The van der Waals surface area contributed by atoms with Gasteiger partial charge in [0.25, 0.3) is 0 Å². The van der Waals surface area contributed by atoms with Crippen molar-refractivity contribution in [2.75, 3.05) is 13.1 Å². The topological polar surface area (TPSA) is 44.4 Å². The number of nitrogens with one attached hydrogen (secondary N) is 2. The van der Waals surface area contributed by atoms with E-state index in [4.69, 9.17) is 0 Å². The van der Waals surface area contributed by atoms with Gasteiger partial charge in [-0.25, -0.2) is 0 Å². The van der Waals surface area contributed by atoms with Crippen molar-refractivity contribution in [3.63, 3.8) is 0 Å². The molecule has 0 aromatic heterocycles. The van der Waals surface area contributed by atoms with Gasteiger partial charge in [0.15, 0.2) is 0 Å². The number of fused-ring (bicyclic) bond motifs is 3. The first kappa shape index (κ1) is 17.4. The molecule has 3 rings (SSSR count). The summed E-state index contributed by atoms with van der Waals surface area (Å²) in [6, 6.07) is 0.695. The molecule has 3 saturated heterocycles. The predicted octanol–water partition coefficient (Wildman–Crippen LogP) is 2.24. The molecule has 0 aromatic carbocycles. The highest BCUT2D eigenvalue weighted by Gasteiger charge is 2.61. The van der Waals surface area contributed by atoms with Crippen molar-refractivity contribution >= 4 is 5.78 Å². The van der Waals surface area contributed by atoms with Gasteiger partial charge in [0, 0.05) is 18.0 Å². The zero-order valence-electron chi connectivity index (χ0n) is 15.7. The van der Waals surface area contributed by atoms with Gasteiger partial charge in [-0.3, -0.25) is 15.0 Å². The van der Waals surface area contributed by atoms with Crippen LogP contribution in [0, 0.1) is 23.7 Å². The summed E-state index contributed by atoms with van der Waals surface area (Å²) in [5.41, 5.74) is 0.00990. The van der Waals surface area contributed by atoms with Crippen LogP contribution < -0.4 is 10.6 Å². The summed E-state index contributed by atoms with van der Waals surface area (Å²) >= 11 is 0. The van der Waals surface area contributed by atoms with Crippen LogP contribution in [0.15, 0.2) is 0 Å². The molecule has 3 fully saturated rings. The lowest BCUT2D eigenvalue weighted by atomic mass is 9.72. The summed E-state index contributed by atoms with van der Waals surface area (Å²) < 4.78 is 0. The monoisotopic (exact) mass is 321 g/mol. The maximum atomic E-state index is 12.9. The summed E-state index contributed by atoms with van der Waals surface area (Å²) in [4.78, 5) is 15.4. The Kier molecular flexibility index (Phi) is 4.63. The standard InChI is InChI=1S/C19H35N3O/c1-7-14(23)17-15(11(2)3)16-12-10-20-9-8-13(12)21-18(16)22(17)19(4,5)6/h11-13,15-18,20-21H,7-10H2,1-6H3. The minimum absolute atomic E-state index is 0.00990. The molecule has 4 heteroatoms. The third-order valence-corrected chi connectivity index (χ3v) is 6.40. The number of nitrogens with zero attached hydrogens (tertiary/aromatic N) is 1. The summed E-state index contributed by atoms with van der Waals surface area (Å²) in [6.45, 7) is 15.7. The number of likely N-dealkylation sites (tertiary alicyclic amines) is 1. The molecule has 132 valence electrons. The molecule has 0 aromatic rings. The Balaban J connectivity index is 2.02. The average Bonchev–Trinajstić information content (AvgIpc) is 2.98. The second kappa shape index (κ2) is 6.12. The maximum Gasteiger partial charge on any atom is 0.150 e. The molecule has 3 aliphatic heterocycles. The fourth-order valence-corrected chi connectivity index (χ4v) is 5.61. The van der Waals surface area contributed by atoms with E-state index in [2.05, 4.69) is 50.2 Å². The van der Waals surface area contributed by atoms with Gasteiger partial charge in [0.2, 0.25) is 0 Å². The van der Waals surface area contributed by atoms with E-state index in [1.54, 1.807) is 0 Å². The number of carbonyl (C=O) groups is 1. The fraction of sp³-hybridized carbons (Fsp3) is 0.947. The van der Waals surface area contributed by atoms with Gasteiger partial charge in [-0.05, 0) is 64.0 Å². The Hall–Kier alpha value is -0.450. The highest BCUT2D eigenvalue weighted by molar-refractivity contribution is 5.84. The summed E-state index contributed by atoms with van der Waals surface area (Å²) in [7, 11) is 0.